The Morgan fingerprint density at radius 1 is 0.523 bits per heavy atom. The molecule has 0 N–H and O–H groups in total. The Morgan fingerprint density at radius 3 is 1.74 bits per heavy atom. The fourth-order valence-corrected chi connectivity index (χ4v) is 11.2. The zero-order valence-electron chi connectivity index (χ0n) is 40.2. The summed E-state index contributed by atoms with van der Waals surface area (Å²) in [4.78, 5) is 5.17. The van der Waals surface area contributed by atoms with Crippen molar-refractivity contribution in [2.24, 2.45) is 0 Å². The first-order chi connectivity index (χ1) is 30.9. The van der Waals surface area contributed by atoms with Gasteiger partial charge in [-0.2, -0.15) is 0 Å². The molecule has 3 aliphatic rings. The highest BCUT2D eigenvalue weighted by Gasteiger charge is 2.49. The van der Waals surface area contributed by atoms with Crippen LogP contribution in [0, 0.1) is 6.92 Å². The van der Waals surface area contributed by atoms with Crippen molar-refractivity contribution in [1.82, 2.24) is 0 Å². The van der Waals surface area contributed by atoms with Gasteiger partial charge in [0.2, 0.25) is 0 Å². The van der Waals surface area contributed by atoms with Crippen LogP contribution in [0.15, 0.2) is 150 Å². The minimum atomic E-state index is -0.138. The largest absolute Gasteiger partial charge is 0.468 e. The molecule has 8 aromatic rings. The van der Waals surface area contributed by atoms with Crippen molar-refractivity contribution in [3.05, 3.63) is 173 Å². The first kappa shape index (κ1) is 41.4. The third-order valence-corrected chi connectivity index (χ3v) is 15.1. The van der Waals surface area contributed by atoms with Gasteiger partial charge >= 0.3 is 0 Å². The SMILES string of the molecule is Cc1cc2c3c(c1)N(c1cc(-c4ccccc4)ccc1-c1ccccc1)c1c(oc4ccc(C(C)(C)C)cc14)B3c1cc3c(cc1N2c1ccc(C(C)(C)C)cc1)C(C)(C)CCC3(C)C. The molecule has 0 unspecified atom stereocenters. The molecule has 7 aromatic carbocycles. The molecule has 0 bridgehead atoms. The second-order valence-corrected chi connectivity index (χ2v) is 22.6. The maximum Gasteiger partial charge on any atom is 0.297 e. The second-order valence-electron chi connectivity index (χ2n) is 22.6. The van der Waals surface area contributed by atoms with Gasteiger partial charge in [-0.05, 0) is 145 Å². The van der Waals surface area contributed by atoms with Gasteiger partial charge < -0.3 is 14.2 Å². The summed E-state index contributed by atoms with van der Waals surface area (Å²) in [6.07, 6.45) is 2.30. The molecule has 3 nitrogen and oxygen atoms in total. The van der Waals surface area contributed by atoms with E-state index in [0.29, 0.717) is 0 Å². The molecule has 0 saturated heterocycles. The average molecular weight is 849 g/mol. The van der Waals surface area contributed by atoms with E-state index in [4.69, 9.17) is 4.42 Å². The van der Waals surface area contributed by atoms with E-state index in [1.807, 2.05) is 0 Å². The summed E-state index contributed by atoms with van der Waals surface area (Å²) in [5.41, 5.74) is 23.1. The van der Waals surface area contributed by atoms with Gasteiger partial charge in [-0.1, -0.05) is 166 Å². The lowest BCUT2D eigenvalue weighted by atomic mass is 9.35. The van der Waals surface area contributed by atoms with E-state index in [1.54, 1.807) is 0 Å². The van der Waals surface area contributed by atoms with Crippen LogP contribution in [0.3, 0.4) is 0 Å². The van der Waals surface area contributed by atoms with Crippen LogP contribution in [0.5, 0.6) is 0 Å². The molecule has 0 fully saturated rings. The van der Waals surface area contributed by atoms with Crippen molar-refractivity contribution in [1.29, 1.82) is 0 Å². The highest BCUT2D eigenvalue weighted by Crippen LogP contribution is 2.53. The molecule has 0 atom stereocenters. The molecule has 0 amide bonds. The van der Waals surface area contributed by atoms with Crippen molar-refractivity contribution in [3.63, 3.8) is 0 Å². The van der Waals surface area contributed by atoms with E-state index in [1.165, 1.54) is 83.7 Å². The molecule has 0 saturated carbocycles. The minimum Gasteiger partial charge on any atom is -0.468 e. The van der Waals surface area contributed by atoms with Crippen LogP contribution in [-0.2, 0) is 21.7 Å². The smallest absolute Gasteiger partial charge is 0.297 e. The third kappa shape index (κ3) is 6.61. The van der Waals surface area contributed by atoms with E-state index in [0.717, 1.165) is 40.8 Å². The van der Waals surface area contributed by atoms with Gasteiger partial charge in [-0.3, -0.25) is 0 Å². The standard InChI is InChI=1S/C61H61BN2O/c1-38-32-52-55-53(33-38)64(50-34-41(39-18-14-12-15-19-39)22-28-45(50)40-20-16-13-17-21-40)56-46-35-43(59(5,6)7)25-29-54(46)65-57(56)62(55)49-36-47-48(61(10,11)31-30-60(47,8)9)37-51(49)63(52)44-26-23-42(24-27-44)58(2,3)4/h12-29,32-37H,30-31H2,1-11H3. The van der Waals surface area contributed by atoms with Crippen LogP contribution in [0.4, 0.5) is 34.1 Å². The molecule has 1 aliphatic carbocycles. The first-order valence-corrected chi connectivity index (χ1v) is 23.8. The Bertz CT molecular complexity index is 3180. The van der Waals surface area contributed by atoms with Gasteiger partial charge in [0.25, 0.3) is 6.71 Å². The molecule has 324 valence electrons. The zero-order valence-corrected chi connectivity index (χ0v) is 40.2. The highest BCUT2D eigenvalue weighted by atomic mass is 16.3. The fourth-order valence-electron chi connectivity index (χ4n) is 11.2. The van der Waals surface area contributed by atoms with Gasteiger partial charge in [0.1, 0.15) is 5.58 Å². The second kappa shape index (κ2) is 14.4. The Kier molecular flexibility index (Phi) is 9.16. The van der Waals surface area contributed by atoms with E-state index < -0.39 is 0 Å². The van der Waals surface area contributed by atoms with Crippen molar-refractivity contribution in [2.75, 3.05) is 9.80 Å². The highest BCUT2D eigenvalue weighted by molar-refractivity contribution is 7.00. The monoisotopic (exact) mass is 848 g/mol. The van der Waals surface area contributed by atoms with E-state index in [-0.39, 0.29) is 28.4 Å². The third-order valence-electron chi connectivity index (χ3n) is 15.1. The van der Waals surface area contributed by atoms with Crippen LogP contribution < -0.4 is 26.4 Å². The van der Waals surface area contributed by atoms with Crippen molar-refractivity contribution < 1.29 is 4.42 Å². The number of furan rings is 1. The first-order valence-electron chi connectivity index (χ1n) is 23.8. The van der Waals surface area contributed by atoms with Crippen LogP contribution in [-0.4, -0.2) is 6.71 Å². The molecule has 0 spiro atoms. The summed E-state index contributed by atoms with van der Waals surface area (Å²) in [6.45, 7) is 25.8. The van der Waals surface area contributed by atoms with Gasteiger partial charge in [-0.25, -0.2) is 0 Å². The Hall–Kier alpha value is -6.26. The summed E-state index contributed by atoms with van der Waals surface area (Å²) in [5.74, 6) is 0. The maximum atomic E-state index is 7.48. The van der Waals surface area contributed by atoms with Gasteiger partial charge in [0.05, 0.1) is 17.0 Å². The lowest BCUT2D eigenvalue weighted by molar-refractivity contribution is 0.332. The molecule has 3 heterocycles. The number of hydrogen-bond acceptors (Lipinski definition) is 3. The Labute approximate surface area is 387 Å². The Morgan fingerprint density at radius 2 is 1.11 bits per heavy atom. The lowest BCUT2D eigenvalue weighted by Gasteiger charge is -2.46. The Balaban J connectivity index is 1.29. The van der Waals surface area contributed by atoms with Crippen molar-refractivity contribution >= 4 is 68.4 Å². The number of aryl methyl sites for hydroxylation is 1. The zero-order chi connectivity index (χ0) is 45.4. The predicted octanol–water partition coefficient (Wildman–Crippen LogP) is 15.1. The number of anilines is 6. The summed E-state index contributed by atoms with van der Waals surface area (Å²) in [7, 11) is 0. The molecule has 2 aliphatic heterocycles. The molecular formula is C61H61BN2O. The topological polar surface area (TPSA) is 19.6 Å². The van der Waals surface area contributed by atoms with E-state index in [2.05, 4.69) is 232 Å². The molecule has 0 radical (unpaired) electrons. The van der Waals surface area contributed by atoms with Gasteiger partial charge in [0.15, 0.2) is 0 Å². The van der Waals surface area contributed by atoms with Gasteiger partial charge in [0, 0.05) is 33.7 Å². The molecule has 65 heavy (non-hydrogen) atoms. The van der Waals surface area contributed by atoms with Crippen molar-refractivity contribution in [2.45, 2.75) is 111 Å². The normalized spacial score (nSPS) is 16.0. The lowest BCUT2D eigenvalue weighted by Crippen LogP contribution is -2.61. The van der Waals surface area contributed by atoms with Crippen LogP contribution in [0.2, 0.25) is 0 Å². The number of rotatable bonds is 4. The minimum absolute atomic E-state index is 0.0247. The maximum absolute atomic E-state index is 7.48. The van der Waals surface area contributed by atoms with Crippen LogP contribution >= 0.6 is 0 Å². The number of nitrogens with zero attached hydrogens (tertiary/aromatic N) is 2. The number of fused-ring (bicyclic) bond motifs is 7. The summed E-state index contributed by atoms with van der Waals surface area (Å²) >= 11 is 0. The van der Waals surface area contributed by atoms with Crippen molar-refractivity contribution in [3.8, 4) is 22.3 Å². The molecule has 4 heteroatoms. The van der Waals surface area contributed by atoms with Gasteiger partial charge in [-0.15, -0.1) is 0 Å². The van der Waals surface area contributed by atoms with E-state index in [9.17, 15) is 0 Å². The van der Waals surface area contributed by atoms with E-state index >= 15 is 0 Å². The summed E-state index contributed by atoms with van der Waals surface area (Å²) in [5, 5.41) is 1.14. The quantitative estimate of drug-likeness (QED) is 0.165. The number of benzene rings is 7. The fraction of sp³-hybridized carbons (Fsp3) is 0.279. The summed E-state index contributed by atoms with van der Waals surface area (Å²) < 4.78 is 7.48. The average Bonchev–Trinajstić information content (AvgIpc) is 3.66. The number of hydrogen-bond donors (Lipinski definition) is 0. The van der Waals surface area contributed by atoms with Crippen LogP contribution in [0.1, 0.15) is 110 Å². The predicted molar refractivity (Wildman–Crippen MR) is 279 cm³/mol. The molecule has 11 rings (SSSR count). The van der Waals surface area contributed by atoms with Crippen LogP contribution in [0.25, 0.3) is 33.2 Å². The molecule has 1 aromatic heterocycles. The molecular weight excluding hydrogens is 787 g/mol. The summed E-state index contributed by atoms with van der Waals surface area (Å²) in [6, 6.07) is 55.2.